The zero-order chi connectivity index (χ0) is 11.0. The average molecular weight is 199 g/mol. The number of hydrogen-bond donors (Lipinski definition) is 2. The third kappa shape index (κ3) is 6.19. The van der Waals surface area contributed by atoms with Crippen molar-refractivity contribution in [3.05, 3.63) is 12.7 Å². The maximum atomic E-state index is 9.57. The Kier molecular flexibility index (Phi) is 6.39. The van der Waals surface area contributed by atoms with Gasteiger partial charge >= 0.3 is 5.97 Å². The third-order valence-electron chi connectivity index (χ3n) is 1.51. The molecule has 0 aromatic heterocycles. The highest BCUT2D eigenvalue weighted by molar-refractivity contribution is 5.72. The first-order chi connectivity index (χ1) is 6.57. The van der Waals surface area contributed by atoms with E-state index in [1.807, 2.05) is 12.4 Å². The van der Waals surface area contributed by atoms with Crippen molar-refractivity contribution in [1.29, 1.82) is 0 Å². The first kappa shape index (κ1) is 12.6. The number of aliphatic imine (C=N–C) groups is 1. The van der Waals surface area contributed by atoms with Crippen LogP contribution in [-0.2, 0) is 4.79 Å². The Morgan fingerprint density at radius 1 is 1.93 bits per heavy atom. The summed E-state index contributed by atoms with van der Waals surface area (Å²) in [5, 5.41) is 7.87. The lowest BCUT2D eigenvalue weighted by molar-refractivity contribution is -0.138. The van der Waals surface area contributed by atoms with E-state index in [0.29, 0.717) is 0 Å². The largest absolute Gasteiger partial charge is 0.480 e. The molecule has 0 saturated heterocycles. The van der Waals surface area contributed by atoms with E-state index in [1.165, 1.54) is 6.92 Å². The van der Waals surface area contributed by atoms with Crippen molar-refractivity contribution in [2.24, 2.45) is 10.7 Å². The molecule has 0 saturated carbocycles. The predicted octanol–water partition coefficient (Wildman–Crippen LogP) is -0.0655. The molecule has 1 heterocycles. The number of carboxylic acids is 1. The van der Waals surface area contributed by atoms with Gasteiger partial charge in [0.15, 0.2) is 0 Å². The van der Waals surface area contributed by atoms with Gasteiger partial charge in [0.1, 0.15) is 6.04 Å². The van der Waals surface area contributed by atoms with Crippen molar-refractivity contribution in [3.63, 3.8) is 0 Å². The van der Waals surface area contributed by atoms with Gasteiger partial charge in [-0.1, -0.05) is 6.08 Å². The Morgan fingerprint density at radius 3 is 2.79 bits per heavy atom. The van der Waals surface area contributed by atoms with Gasteiger partial charge in [-0.15, -0.1) is 6.58 Å². The van der Waals surface area contributed by atoms with E-state index in [-0.39, 0.29) is 0 Å². The minimum absolute atomic E-state index is 0.731. The van der Waals surface area contributed by atoms with Crippen LogP contribution in [0.25, 0.3) is 0 Å². The van der Waals surface area contributed by atoms with Gasteiger partial charge in [0.25, 0.3) is 0 Å². The minimum atomic E-state index is -0.963. The fourth-order valence-corrected chi connectivity index (χ4v) is 0.721. The molecule has 0 amide bonds. The Hall–Kier alpha value is -1.36. The fourth-order valence-electron chi connectivity index (χ4n) is 0.721. The van der Waals surface area contributed by atoms with Gasteiger partial charge in [-0.3, -0.25) is 9.79 Å². The number of carboxylic acid groups (broad SMARTS) is 1. The number of nitrogens with zero attached hydrogens (tertiary/aromatic N) is 2. The molecule has 0 bridgehead atoms. The summed E-state index contributed by atoms with van der Waals surface area (Å²) < 4.78 is 0. The molecule has 80 valence electrons. The summed E-state index contributed by atoms with van der Waals surface area (Å²) in [4.78, 5) is 15.7. The molecule has 0 radical (unpaired) electrons. The Labute approximate surface area is 83.9 Å². The minimum Gasteiger partial charge on any atom is -0.480 e. The van der Waals surface area contributed by atoms with E-state index < -0.39 is 12.0 Å². The van der Waals surface area contributed by atoms with Crippen LogP contribution in [0.15, 0.2) is 17.6 Å². The van der Waals surface area contributed by atoms with Crippen molar-refractivity contribution in [1.82, 2.24) is 4.90 Å². The number of nitrogens with two attached hydrogens (primary N) is 1. The molecule has 0 aliphatic carbocycles. The van der Waals surface area contributed by atoms with Crippen LogP contribution >= 0.6 is 0 Å². The van der Waals surface area contributed by atoms with Crippen LogP contribution in [0, 0.1) is 0 Å². The first-order valence-electron chi connectivity index (χ1n) is 4.41. The summed E-state index contributed by atoms with van der Waals surface area (Å²) in [6.07, 6.45) is 3.76. The second kappa shape index (κ2) is 7.08. The van der Waals surface area contributed by atoms with Crippen LogP contribution in [-0.4, -0.2) is 48.0 Å². The number of rotatable bonds is 3. The van der Waals surface area contributed by atoms with Crippen molar-refractivity contribution in [2.75, 3.05) is 19.6 Å². The summed E-state index contributed by atoms with van der Waals surface area (Å²) in [6, 6.07) is -0.731. The zero-order valence-electron chi connectivity index (χ0n) is 8.39. The first-order valence-corrected chi connectivity index (χ1v) is 4.41. The highest BCUT2D eigenvalue weighted by Crippen LogP contribution is 1.90. The smallest absolute Gasteiger partial charge is 0.320 e. The second-order valence-electron chi connectivity index (χ2n) is 2.93. The number of aliphatic carboxylic acids is 1. The highest BCUT2D eigenvalue weighted by Gasteiger charge is 2.00. The van der Waals surface area contributed by atoms with Gasteiger partial charge in [-0.25, -0.2) is 0 Å². The molecule has 1 rings (SSSR count). The van der Waals surface area contributed by atoms with Gasteiger partial charge < -0.3 is 15.7 Å². The van der Waals surface area contributed by atoms with Crippen LogP contribution < -0.4 is 5.73 Å². The van der Waals surface area contributed by atoms with E-state index in [2.05, 4.69) is 16.5 Å². The molecule has 5 nitrogen and oxygen atoms in total. The van der Waals surface area contributed by atoms with Gasteiger partial charge in [0, 0.05) is 13.1 Å². The zero-order valence-corrected chi connectivity index (χ0v) is 8.39. The lowest BCUT2D eigenvalue weighted by Gasteiger charge is -2.08. The van der Waals surface area contributed by atoms with Crippen molar-refractivity contribution < 1.29 is 9.90 Å². The molecule has 0 unspecified atom stereocenters. The second-order valence-corrected chi connectivity index (χ2v) is 2.93. The molecule has 1 aliphatic rings. The normalized spacial score (nSPS) is 15.7. The molecule has 3 N–H and O–H groups in total. The number of hydrogen-bond acceptors (Lipinski definition) is 4. The van der Waals surface area contributed by atoms with Gasteiger partial charge in [0.2, 0.25) is 0 Å². The monoisotopic (exact) mass is 199 g/mol. The van der Waals surface area contributed by atoms with Crippen LogP contribution in [0.5, 0.6) is 0 Å². The van der Waals surface area contributed by atoms with E-state index in [0.717, 1.165) is 19.6 Å². The molecular formula is C9H17N3O2. The molecule has 5 heteroatoms. The van der Waals surface area contributed by atoms with Gasteiger partial charge in [-0.2, -0.15) is 0 Å². The lowest BCUT2D eigenvalue weighted by atomic mass is 10.4. The van der Waals surface area contributed by atoms with Crippen LogP contribution in [0.2, 0.25) is 0 Å². The summed E-state index contributed by atoms with van der Waals surface area (Å²) in [5.41, 5.74) is 4.84. The molecule has 0 spiro atoms. The Bertz CT molecular complexity index is 214. The average Bonchev–Trinajstić information content (AvgIpc) is 2.58. The molecule has 1 aliphatic heterocycles. The molecule has 0 aromatic rings. The highest BCUT2D eigenvalue weighted by atomic mass is 16.4. The topological polar surface area (TPSA) is 78.9 Å². The van der Waals surface area contributed by atoms with E-state index in [4.69, 9.17) is 10.8 Å². The SMILES string of the molecule is C=CCN1C=NCC1.C[C@H](N)C(=O)O. The summed E-state index contributed by atoms with van der Waals surface area (Å²) in [6.45, 7) is 7.99. The van der Waals surface area contributed by atoms with E-state index in [9.17, 15) is 4.79 Å². The molecule has 0 aromatic carbocycles. The fraction of sp³-hybridized carbons (Fsp3) is 0.556. The van der Waals surface area contributed by atoms with Crippen molar-refractivity contribution in [2.45, 2.75) is 13.0 Å². The maximum Gasteiger partial charge on any atom is 0.320 e. The van der Waals surface area contributed by atoms with Crippen LogP contribution in [0.3, 0.4) is 0 Å². The number of carbonyl (C=O) groups is 1. The maximum absolute atomic E-state index is 9.57. The van der Waals surface area contributed by atoms with Gasteiger partial charge in [-0.05, 0) is 6.92 Å². The molecule has 0 fully saturated rings. The Morgan fingerprint density at radius 2 is 2.50 bits per heavy atom. The molecular weight excluding hydrogens is 182 g/mol. The standard InChI is InChI=1S/C6H10N2.C3H7NO2/c1-2-4-8-5-3-7-6-8;1-2(4)3(5)6/h2,6H,1,3-5H2;2H,4H2,1H3,(H,5,6)/t;2-/m.0/s1. The molecule has 14 heavy (non-hydrogen) atoms. The predicted molar refractivity (Wildman–Crippen MR) is 56.4 cm³/mol. The van der Waals surface area contributed by atoms with E-state index >= 15 is 0 Å². The van der Waals surface area contributed by atoms with E-state index in [1.54, 1.807) is 0 Å². The van der Waals surface area contributed by atoms with Crippen LogP contribution in [0.1, 0.15) is 6.92 Å². The quantitative estimate of drug-likeness (QED) is 0.624. The third-order valence-corrected chi connectivity index (χ3v) is 1.51. The van der Waals surface area contributed by atoms with Crippen LogP contribution in [0.4, 0.5) is 0 Å². The summed E-state index contributed by atoms with van der Waals surface area (Å²) in [7, 11) is 0. The van der Waals surface area contributed by atoms with Gasteiger partial charge in [0.05, 0.1) is 12.9 Å². The van der Waals surface area contributed by atoms with Crippen molar-refractivity contribution >= 4 is 12.3 Å². The lowest BCUT2D eigenvalue weighted by Crippen LogP contribution is -2.25. The van der Waals surface area contributed by atoms with Crippen molar-refractivity contribution in [3.8, 4) is 0 Å². The summed E-state index contributed by atoms with van der Waals surface area (Å²) in [5.74, 6) is -0.963. The summed E-state index contributed by atoms with van der Waals surface area (Å²) >= 11 is 0. The Balaban J connectivity index is 0.000000255. The molecule has 1 atom stereocenters.